The molecule has 1 fully saturated rings. The summed E-state index contributed by atoms with van der Waals surface area (Å²) in [6, 6.07) is 8.68. The monoisotopic (exact) mass is 364 g/mol. The summed E-state index contributed by atoms with van der Waals surface area (Å²) in [5.74, 6) is 1.00. The molecular weight excluding hydrogens is 344 g/mol. The summed E-state index contributed by atoms with van der Waals surface area (Å²) in [4.78, 5) is 13.8. The normalized spacial score (nSPS) is 16.0. The van der Waals surface area contributed by atoms with Crippen molar-refractivity contribution in [3.05, 3.63) is 47.7 Å². The first-order chi connectivity index (χ1) is 12.8. The van der Waals surface area contributed by atoms with Gasteiger partial charge in [0.2, 0.25) is 0 Å². The summed E-state index contributed by atoms with van der Waals surface area (Å²) in [6.07, 6.45) is 3.51. The van der Waals surface area contributed by atoms with Gasteiger partial charge in [-0.15, -0.1) is 11.3 Å². The Hall–Kier alpha value is -2.51. The van der Waals surface area contributed by atoms with Crippen molar-refractivity contribution in [2.45, 2.75) is 6.54 Å². The quantitative estimate of drug-likeness (QED) is 0.559. The maximum absolute atomic E-state index is 4.53. The smallest absolute Gasteiger partial charge is 0.163 e. The van der Waals surface area contributed by atoms with Crippen molar-refractivity contribution in [1.82, 2.24) is 24.6 Å². The average Bonchev–Trinajstić information content (AvgIpc) is 3.27. The van der Waals surface area contributed by atoms with Crippen LogP contribution in [-0.4, -0.2) is 50.8 Å². The van der Waals surface area contributed by atoms with Crippen molar-refractivity contribution in [3.63, 3.8) is 0 Å². The van der Waals surface area contributed by atoms with Gasteiger partial charge in [0.25, 0.3) is 0 Å². The molecule has 26 heavy (non-hydrogen) atoms. The van der Waals surface area contributed by atoms with Crippen LogP contribution in [0.2, 0.25) is 0 Å². The molecule has 5 rings (SSSR count). The molecule has 1 saturated heterocycles. The number of benzene rings is 1. The van der Waals surface area contributed by atoms with Crippen LogP contribution in [0.1, 0.15) is 5.56 Å². The molecule has 1 aromatic carbocycles. The van der Waals surface area contributed by atoms with Gasteiger partial charge in [0.05, 0.1) is 11.6 Å². The van der Waals surface area contributed by atoms with Crippen LogP contribution in [0.15, 0.2) is 42.2 Å². The van der Waals surface area contributed by atoms with Gasteiger partial charge in [0.15, 0.2) is 5.65 Å². The summed E-state index contributed by atoms with van der Waals surface area (Å²) >= 11 is 1.84. The molecule has 6 nitrogen and oxygen atoms in total. The van der Waals surface area contributed by atoms with E-state index < -0.39 is 0 Å². The van der Waals surface area contributed by atoms with Crippen molar-refractivity contribution in [2.24, 2.45) is 7.05 Å². The van der Waals surface area contributed by atoms with Gasteiger partial charge in [-0.2, -0.15) is 5.10 Å². The molecule has 132 valence electrons. The lowest BCUT2D eigenvalue weighted by Crippen LogP contribution is -2.46. The number of nitrogens with zero attached hydrogens (tertiary/aromatic N) is 6. The Morgan fingerprint density at radius 3 is 2.77 bits per heavy atom. The highest BCUT2D eigenvalue weighted by atomic mass is 32.1. The van der Waals surface area contributed by atoms with E-state index in [0.29, 0.717) is 0 Å². The highest BCUT2D eigenvalue weighted by Crippen LogP contribution is 2.28. The number of rotatable bonds is 3. The van der Waals surface area contributed by atoms with E-state index in [9.17, 15) is 0 Å². The molecule has 0 N–H and O–H groups in total. The van der Waals surface area contributed by atoms with Crippen LogP contribution in [0.4, 0.5) is 5.82 Å². The molecule has 0 saturated carbocycles. The van der Waals surface area contributed by atoms with Gasteiger partial charge in [-0.25, -0.2) is 9.97 Å². The second kappa shape index (κ2) is 6.34. The Bertz CT molecular complexity index is 1060. The first kappa shape index (κ1) is 15.7. The third kappa shape index (κ3) is 2.64. The van der Waals surface area contributed by atoms with Crippen LogP contribution in [0.5, 0.6) is 0 Å². The van der Waals surface area contributed by atoms with E-state index in [1.807, 2.05) is 24.6 Å². The van der Waals surface area contributed by atoms with Crippen molar-refractivity contribution in [1.29, 1.82) is 0 Å². The third-order valence-electron chi connectivity index (χ3n) is 5.14. The topological polar surface area (TPSA) is 50.1 Å². The SMILES string of the molecule is Cn1ncc2c(N3CCN(Cc4csc5ccccc45)CC3)ncnc21. The van der Waals surface area contributed by atoms with E-state index in [-0.39, 0.29) is 0 Å². The zero-order chi connectivity index (χ0) is 17.5. The van der Waals surface area contributed by atoms with Crippen molar-refractivity contribution in [3.8, 4) is 0 Å². The van der Waals surface area contributed by atoms with Crippen LogP contribution in [0.25, 0.3) is 21.1 Å². The Kier molecular flexibility index (Phi) is 3.83. The number of aryl methyl sites for hydroxylation is 1. The van der Waals surface area contributed by atoms with Crippen molar-refractivity contribution in [2.75, 3.05) is 31.1 Å². The minimum atomic E-state index is 0.891. The Balaban J connectivity index is 1.31. The van der Waals surface area contributed by atoms with Gasteiger partial charge in [0, 0.05) is 44.5 Å². The molecule has 0 amide bonds. The minimum absolute atomic E-state index is 0.891. The standard InChI is InChI=1S/C19H20N6S/c1-23-18-16(10-22-23)19(21-13-20-18)25-8-6-24(7-9-25)11-14-12-26-17-5-3-2-4-15(14)17/h2-5,10,12-13H,6-9,11H2,1H3. The molecule has 0 aliphatic carbocycles. The first-order valence-corrected chi connectivity index (χ1v) is 9.73. The molecule has 4 aromatic rings. The molecule has 3 aromatic heterocycles. The highest BCUT2D eigenvalue weighted by Gasteiger charge is 2.21. The van der Waals surface area contributed by atoms with E-state index in [0.717, 1.165) is 49.6 Å². The molecule has 1 aliphatic rings. The summed E-state index contributed by atoms with van der Waals surface area (Å²) in [5.41, 5.74) is 2.33. The molecule has 0 unspecified atom stereocenters. The number of aromatic nitrogens is 4. The summed E-state index contributed by atoms with van der Waals surface area (Å²) in [5, 5.41) is 9.06. The number of fused-ring (bicyclic) bond motifs is 2. The predicted octanol–water partition coefficient (Wildman–Crippen LogP) is 2.90. The average molecular weight is 364 g/mol. The Morgan fingerprint density at radius 1 is 1.04 bits per heavy atom. The Morgan fingerprint density at radius 2 is 1.88 bits per heavy atom. The summed E-state index contributed by atoms with van der Waals surface area (Å²) in [7, 11) is 1.92. The van der Waals surface area contributed by atoms with Gasteiger partial charge in [0.1, 0.15) is 12.1 Å². The number of thiophene rings is 1. The van der Waals surface area contributed by atoms with Crippen LogP contribution < -0.4 is 4.90 Å². The van der Waals surface area contributed by atoms with Gasteiger partial charge in [-0.3, -0.25) is 9.58 Å². The molecule has 0 spiro atoms. The van der Waals surface area contributed by atoms with E-state index in [1.165, 1.54) is 15.6 Å². The van der Waals surface area contributed by atoms with Crippen LogP contribution in [-0.2, 0) is 13.6 Å². The number of piperazine rings is 1. The molecular formula is C19H20N6S. The van der Waals surface area contributed by atoms with E-state index >= 15 is 0 Å². The first-order valence-electron chi connectivity index (χ1n) is 8.85. The maximum Gasteiger partial charge on any atom is 0.163 e. The molecule has 0 radical (unpaired) electrons. The largest absolute Gasteiger partial charge is 0.353 e. The lowest BCUT2D eigenvalue weighted by atomic mass is 10.1. The molecule has 0 atom stereocenters. The lowest BCUT2D eigenvalue weighted by Gasteiger charge is -2.35. The molecule has 0 bridgehead atoms. The van der Waals surface area contributed by atoms with E-state index in [4.69, 9.17) is 0 Å². The molecule has 4 heterocycles. The second-order valence-electron chi connectivity index (χ2n) is 6.72. The Labute approximate surface area is 155 Å². The maximum atomic E-state index is 4.53. The van der Waals surface area contributed by atoms with Gasteiger partial charge < -0.3 is 4.90 Å². The van der Waals surface area contributed by atoms with Crippen molar-refractivity contribution >= 4 is 38.3 Å². The molecule has 1 aliphatic heterocycles. The summed E-state index contributed by atoms with van der Waals surface area (Å²) in [6.45, 7) is 5.04. The van der Waals surface area contributed by atoms with Crippen LogP contribution >= 0.6 is 11.3 Å². The van der Waals surface area contributed by atoms with Crippen molar-refractivity contribution < 1.29 is 0 Å². The number of hydrogen-bond acceptors (Lipinski definition) is 6. The fourth-order valence-electron chi connectivity index (χ4n) is 3.72. The zero-order valence-electron chi connectivity index (χ0n) is 14.7. The minimum Gasteiger partial charge on any atom is -0.353 e. The van der Waals surface area contributed by atoms with E-state index in [1.54, 1.807) is 11.0 Å². The van der Waals surface area contributed by atoms with Gasteiger partial charge in [-0.1, -0.05) is 18.2 Å². The number of anilines is 1. The van der Waals surface area contributed by atoms with Gasteiger partial charge >= 0.3 is 0 Å². The highest BCUT2D eigenvalue weighted by molar-refractivity contribution is 7.17. The fraction of sp³-hybridized carbons (Fsp3) is 0.316. The predicted molar refractivity (Wildman–Crippen MR) is 106 cm³/mol. The summed E-state index contributed by atoms with van der Waals surface area (Å²) < 4.78 is 3.18. The van der Waals surface area contributed by atoms with Crippen LogP contribution in [0.3, 0.4) is 0 Å². The van der Waals surface area contributed by atoms with Gasteiger partial charge in [-0.05, 0) is 22.4 Å². The van der Waals surface area contributed by atoms with Crippen LogP contribution in [0, 0.1) is 0 Å². The van der Waals surface area contributed by atoms with E-state index in [2.05, 4.69) is 54.5 Å². The lowest BCUT2D eigenvalue weighted by molar-refractivity contribution is 0.250. The fourth-order valence-corrected chi connectivity index (χ4v) is 4.67. The molecule has 7 heteroatoms. The zero-order valence-corrected chi connectivity index (χ0v) is 15.5. The number of hydrogen-bond donors (Lipinski definition) is 0. The second-order valence-corrected chi connectivity index (χ2v) is 7.63. The third-order valence-corrected chi connectivity index (χ3v) is 6.15.